The summed E-state index contributed by atoms with van der Waals surface area (Å²) >= 11 is 1.33. The third-order valence-electron chi connectivity index (χ3n) is 6.17. The number of carbonyl (C=O) groups excluding carboxylic acids is 3. The van der Waals surface area contributed by atoms with Gasteiger partial charge in [0.15, 0.2) is 16.6 Å². The summed E-state index contributed by atoms with van der Waals surface area (Å²) in [6.45, 7) is 0.982. The first-order valence-electron chi connectivity index (χ1n) is 11.0. The summed E-state index contributed by atoms with van der Waals surface area (Å²) in [5.41, 5.74) is 4.17. The van der Waals surface area contributed by atoms with Gasteiger partial charge in [0.1, 0.15) is 13.2 Å². The first-order valence-corrected chi connectivity index (χ1v) is 11.8. The van der Waals surface area contributed by atoms with Gasteiger partial charge in [-0.2, -0.15) is 0 Å². The summed E-state index contributed by atoms with van der Waals surface area (Å²) in [4.78, 5) is 43.0. The molecule has 0 saturated carbocycles. The predicted molar refractivity (Wildman–Crippen MR) is 126 cm³/mol. The zero-order valence-electron chi connectivity index (χ0n) is 17.9. The fourth-order valence-electron chi connectivity index (χ4n) is 4.46. The molecule has 1 fully saturated rings. The van der Waals surface area contributed by atoms with Gasteiger partial charge in [0, 0.05) is 17.7 Å². The van der Waals surface area contributed by atoms with E-state index in [4.69, 9.17) is 9.47 Å². The molecule has 0 spiro atoms. The molecule has 0 radical (unpaired) electrons. The van der Waals surface area contributed by atoms with E-state index < -0.39 is 5.92 Å². The number of hydrogen-bond acceptors (Lipinski definition) is 7. The standard InChI is InChI=1S/C24H20N4O5S/c29-21(26-24-25-17-11-18-19(12-20(17)34-24)33-9-8-32-18)13-4-3-5-14(10-13)28-23(31)16-7-2-1-6-15(16)22(30)27-28/h1-5,10-12,15-16H,6-9H2,(H,27,30)(H,25,26,29). The molecule has 1 saturated heterocycles. The summed E-state index contributed by atoms with van der Waals surface area (Å²) in [6, 6.07) is 10.3. The lowest BCUT2D eigenvalue weighted by atomic mass is 9.80. The minimum Gasteiger partial charge on any atom is -0.486 e. The number of fused-ring (bicyclic) bond motifs is 3. The van der Waals surface area contributed by atoms with E-state index >= 15 is 0 Å². The number of rotatable bonds is 3. The molecule has 9 nitrogen and oxygen atoms in total. The van der Waals surface area contributed by atoms with E-state index in [1.54, 1.807) is 30.3 Å². The number of anilines is 2. The van der Waals surface area contributed by atoms with Crippen molar-refractivity contribution in [1.29, 1.82) is 0 Å². The highest BCUT2D eigenvalue weighted by Gasteiger charge is 2.42. The highest BCUT2D eigenvalue weighted by molar-refractivity contribution is 7.22. The maximum absolute atomic E-state index is 13.0. The molecule has 1 aromatic heterocycles. The smallest absolute Gasteiger partial charge is 0.257 e. The maximum atomic E-state index is 13.0. The number of amides is 3. The van der Waals surface area contributed by atoms with Crippen LogP contribution in [0.15, 0.2) is 48.6 Å². The van der Waals surface area contributed by atoms with Crippen molar-refractivity contribution in [3.63, 3.8) is 0 Å². The van der Waals surface area contributed by atoms with Crippen molar-refractivity contribution in [1.82, 2.24) is 10.4 Å². The van der Waals surface area contributed by atoms with Gasteiger partial charge in [0.05, 0.1) is 27.7 Å². The third kappa shape index (κ3) is 3.56. The first kappa shape index (κ1) is 20.7. The number of carbonyl (C=O) groups is 3. The van der Waals surface area contributed by atoms with E-state index in [0.717, 1.165) is 4.70 Å². The summed E-state index contributed by atoms with van der Waals surface area (Å²) < 4.78 is 12.1. The van der Waals surface area contributed by atoms with Crippen molar-refractivity contribution in [3.8, 4) is 11.5 Å². The first-order chi connectivity index (χ1) is 16.6. The number of thiazole rings is 1. The van der Waals surface area contributed by atoms with E-state index in [2.05, 4.69) is 15.7 Å². The summed E-state index contributed by atoms with van der Waals surface area (Å²) in [6.07, 6.45) is 4.96. The van der Waals surface area contributed by atoms with Crippen LogP contribution in [0.2, 0.25) is 0 Å². The highest BCUT2D eigenvalue weighted by atomic mass is 32.1. The Labute approximate surface area is 198 Å². The van der Waals surface area contributed by atoms with Gasteiger partial charge >= 0.3 is 0 Å². The average Bonchev–Trinajstić information content (AvgIpc) is 3.25. The SMILES string of the molecule is O=C(Nc1nc2cc3c(cc2s1)OCCO3)c1cccc(N2NC(=O)C3CC=CCC3C2=O)c1. The molecule has 2 atom stereocenters. The number of benzene rings is 2. The Balaban J connectivity index is 1.23. The Hall–Kier alpha value is -3.92. The molecular weight excluding hydrogens is 456 g/mol. The van der Waals surface area contributed by atoms with E-state index in [1.165, 1.54) is 16.3 Å². The Morgan fingerprint density at radius 2 is 1.82 bits per heavy atom. The molecule has 2 unspecified atom stereocenters. The van der Waals surface area contributed by atoms with Crippen molar-refractivity contribution in [3.05, 3.63) is 54.1 Å². The van der Waals surface area contributed by atoms with Crippen LogP contribution >= 0.6 is 11.3 Å². The minimum atomic E-state index is -0.391. The van der Waals surface area contributed by atoms with Crippen molar-refractivity contribution >= 4 is 50.1 Å². The zero-order chi connectivity index (χ0) is 23.2. The van der Waals surface area contributed by atoms with Crippen molar-refractivity contribution in [2.75, 3.05) is 23.5 Å². The van der Waals surface area contributed by atoms with Crippen molar-refractivity contribution < 1.29 is 23.9 Å². The summed E-state index contributed by atoms with van der Waals surface area (Å²) in [7, 11) is 0. The second kappa shape index (κ2) is 8.14. The Bertz CT molecular complexity index is 1320. The number of aromatic nitrogens is 1. The van der Waals surface area contributed by atoms with Crippen LogP contribution in [0.3, 0.4) is 0 Å². The Morgan fingerprint density at radius 1 is 1.06 bits per heavy atom. The monoisotopic (exact) mass is 476 g/mol. The fraction of sp³-hybridized carbons (Fsp3) is 0.250. The quantitative estimate of drug-likeness (QED) is 0.562. The number of hydrogen-bond donors (Lipinski definition) is 2. The molecule has 3 heterocycles. The highest BCUT2D eigenvalue weighted by Crippen LogP contribution is 2.38. The van der Waals surface area contributed by atoms with Gasteiger partial charge in [0.2, 0.25) is 11.8 Å². The van der Waals surface area contributed by atoms with E-state index in [-0.39, 0.29) is 23.6 Å². The number of nitrogens with zero attached hydrogens (tertiary/aromatic N) is 2. The molecular formula is C24H20N4O5S. The fourth-order valence-corrected chi connectivity index (χ4v) is 5.33. The maximum Gasteiger partial charge on any atom is 0.257 e. The molecule has 3 aliphatic rings. The zero-order valence-corrected chi connectivity index (χ0v) is 18.8. The van der Waals surface area contributed by atoms with Crippen LogP contribution < -0.4 is 25.2 Å². The van der Waals surface area contributed by atoms with Gasteiger partial charge in [-0.1, -0.05) is 29.6 Å². The van der Waals surface area contributed by atoms with E-state index in [1.807, 2.05) is 18.2 Å². The normalized spacial score (nSPS) is 21.2. The van der Waals surface area contributed by atoms with Crippen LogP contribution in [0.5, 0.6) is 11.5 Å². The molecule has 6 rings (SSSR count). The van der Waals surface area contributed by atoms with Gasteiger partial charge in [-0.25, -0.2) is 9.99 Å². The molecule has 2 aliphatic heterocycles. The van der Waals surface area contributed by atoms with E-state index in [0.29, 0.717) is 59.5 Å². The Kier molecular flexibility index (Phi) is 4.95. The minimum absolute atomic E-state index is 0.175. The van der Waals surface area contributed by atoms with Crippen LogP contribution in [0.1, 0.15) is 23.2 Å². The molecule has 0 bridgehead atoms. The third-order valence-corrected chi connectivity index (χ3v) is 7.10. The second-order valence-corrected chi connectivity index (χ2v) is 9.32. The van der Waals surface area contributed by atoms with Crippen LogP contribution in [0.4, 0.5) is 10.8 Å². The lowest BCUT2D eigenvalue weighted by molar-refractivity contribution is -0.139. The molecule has 2 aromatic carbocycles. The number of nitrogens with one attached hydrogen (secondary N) is 2. The van der Waals surface area contributed by atoms with Crippen LogP contribution in [0, 0.1) is 11.8 Å². The van der Waals surface area contributed by atoms with Crippen molar-refractivity contribution in [2.24, 2.45) is 11.8 Å². The van der Waals surface area contributed by atoms with Crippen LogP contribution in [-0.2, 0) is 9.59 Å². The Morgan fingerprint density at radius 3 is 2.65 bits per heavy atom. The van der Waals surface area contributed by atoms with Gasteiger partial charge in [-0.15, -0.1) is 0 Å². The molecule has 34 heavy (non-hydrogen) atoms. The van der Waals surface area contributed by atoms with Gasteiger partial charge < -0.3 is 9.47 Å². The van der Waals surface area contributed by atoms with Crippen LogP contribution in [0.25, 0.3) is 10.2 Å². The molecule has 2 N–H and O–H groups in total. The summed E-state index contributed by atoms with van der Waals surface area (Å²) in [5, 5.41) is 4.51. The van der Waals surface area contributed by atoms with Gasteiger partial charge in [-0.3, -0.25) is 25.1 Å². The van der Waals surface area contributed by atoms with Crippen molar-refractivity contribution in [2.45, 2.75) is 12.8 Å². The van der Waals surface area contributed by atoms with Gasteiger partial charge in [0.25, 0.3) is 5.91 Å². The molecule has 10 heteroatoms. The molecule has 3 amide bonds. The lowest BCUT2D eigenvalue weighted by Crippen LogP contribution is -2.59. The molecule has 1 aliphatic carbocycles. The lowest BCUT2D eigenvalue weighted by Gasteiger charge is -2.38. The second-order valence-electron chi connectivity index (χ2n) is 8.29. The molecule has 172 valence electrons. The molecule has 3 aromatic rings. The predicted octanol–water partition coefficient (Wildman–Crippen LogP) is 3.28. The number of ether oxygens (including phenoxy) is 2. The van der Waals surface area contributed by atoms with E-state index in [9.17, 15) is 14.4 Å². The van der Waals surface area contributed by atoms with Gasteiger partial charge in [-0.05, 0) is 31.0 Å². The average molecular weight is 477 g/mol. The largest absolute Gasteiger partial charge is 0.486 e. The topological polar surface area (TPSA) is 110 Å². The summed E-state index contributed by atoms with van der Waals surface area (Å²) in [5.74, 6) is -0.165. The number of allylic oxidation sites excluding steroid dienone is 2. The van der Waals surface area contributed by atoms with Crippen LogP contribution in [-0.4, -0.2) is 35.9 Å². The number of hydrazine groups is 1.